The van der Waals surface area contributed by atoms with Gasteiger partial charge in [0.05, 0.1) is 16.8 Å². The normalized spacial score (nSPS) is 20.3. The lowest BCUT2D eigenvalue weighted by Crippen LogP contribution is -2.36. The van der Waals surface area contributed by atoms with Crippen molar-refractivity contribution >= 4 is 34.4 Å². The molecule has 0 spiro atoms. The largest absolute Gasteiger partial charge is 0.460 e. The van der Waals surface area contributed by atoms with Gasteiger partial charge in [-0.1, -0.05) is 69.1 Å². The first-order chi connectivity index (χ1) is 16.3. The highest BCUT2D eigenvalue weighted by Gasteiger charge is 2.33. The Balaban J connectivity index is 1.50. The fourth-order valence-electron chi connectivity index (χ4n) is 4.77. The molecule has 0 aliphatic heterocycles. The van der Waals surface area contributed by atoms with E-state index in [-0.39, 0.29) is 6.10 Å². The number of halogens is 1. The fraction of sp³-hybridized carbons (Fsp3) is 0.393. The smallest absolute Gasteiger partial charge is 0.344 e. The summed E-state index contributed by atoms with van der Waals surface area (Å²) in [5.41, 5.74) is 2.48. The number of hydrogen-bond donors (Lipinski definition) is 0. The number of nitrogens with zero attached hydrogens (tertiary/aromatic N) is 1. The van der Waals surface area contributed by atoms with Crippen LogP contribution in [-0.4, -0.2) is 29.6 Å². The zero-order chi connectivity index (χ0) is 24.2. The molecule has 6 heteroatoms. The number of aromatic nitrogens is 1. The summed E-state index contributed by atoms with van der Waals surface area (Å²) in [4.78, 5) is 30.3. The first-order valence-corrected chi connectivity index (χ1v) is 12.2. The molecular weight excluding hydrogens is 450 g/mol. The maximum Gasteiger partial charge on any atom is 0.344 e. The van der Waals surface area contributed by atoms with Crippen LogP contribution in [0.4, 0.5) is 0 Å². The molecule has 1 aliphatic carbocycles. The molecule has 0 bridgehead atoms. The van der Waals surface area contributed by atoms with Crippen molar-refractivity contribution in [3.63, 3.8) is 0 Å². The average molecular weight is 480 g/mol. The van der Waals surface area contributed by atoms with Gasteiger partial charge < -0.3 is 9.47 Å². The summed E-state index contributed by atoms with van der Waals surface area (Å²) in [5, 5.41) is 1.29. The van der Waals surface area contributed by atoms with Crippen molar-refractivity contribution in [2.45, 2.75) is 46.1 Å². The highest BCUT2D eigenvalue weighted by Crippen LogP contribution is 2.35. The Morgan fingerprint density at radius 1 is 1.09 bits per heavy atom. The lowest BCUT2D eigenvalue weighted by atomic mass is 9.75. The molecule has 0 radical (unpaired) electrons. The average Bonchev–Trinajstić information content (AvgIpc) is 2.82. The molecule has 1 heterocycles. The van der Waals surface area contributed by atoms with Gasteiger partial charge in [0.25, 0.3) is 0 Å². The van der Waals surface area contributed by atoms with Crippen molar-refractivity contribution < 1.29 is 19.1 Å². The van der Waals surface area contributed by atoms with Crippen molar-refractivity contribution in [2.75, 3.05) is 6.61 Å². The SMILES string of the molecule is CC(C)[C@H]1CC[C@@H](C)C[C@@H]1OC(=O)COC(=O)c1cc(-c2ccc(Cl)cc2)nc2ccccc12. The van der Waals surface area contributed by atoms with Crippen molar-refractivity contribution in [3.05, 3.63) is 65.2 Å². The number of carbonyl (C=O) groups excluding carboxylic acids is 2. The molecule has 2 aromatic carbocycles. The molecule has 0 N–H and O–H groups in total. The van der Waals surface area contributed by atoms with Crippen LogP contribution < -0.4 is 0 Å². The predicted molar refractivity (Wildman–Crippen MR) is 134 cm³/mol. The van der Waals surface area contributed by atoms with E-state index in [4.69, 9.17) is 21.1 Å². The van der Waals surface area contributed by atoms with E-state index in [2.05, 4.69) is 25.8 Å². The van der Waals surface area contributed by atoms with Crippen LogP contribution in [0.15, 0.2) is 54.6 Å². The highest BCUT2D eigenvalue weighted by atomic mass is 35.5. The van der Waals surface area contributed by atoms with Crippen molar-refractivity contribution in [1.82, 2.24) is 4.98 Å². The van der Waals surface area contributed by atoms with Crippen LogP contribution in [0.5, 0.6) is 0 Å². The summed E-state index contributed by atoms with van der Waals surface area (Å²) in [6, 6.07) is 16.3. The molecular formula is C28H30ClNO4. The number of fused-ring (bicyclic) bond motifs is 1. The summed E-state index contributed by atoms with van der Waals surface area (Å²) >= 11 is 6.01. The molecule has 0 unspecified atom stereocenters. The second-order valence-corrected chi connectivity index (χ2v) is 9.95. The number of esters is 2. The van der Waals surface area contributed by atoms with E-state index in [1.165, 1.54) is 0 Å². The number of rotatable bonds is 6. The topological polar surface area (TPSA) is 65.5 Å². The van der Waals surface area contributed by atoms with Crippen LogP contribution in [0.2, 0.25) is 5.02 Å². The van der Waals surface area contributed by atoms with Crippen molar-refractivity contribution in [3.8, 4) is 11.3 Å². The number of ether oxygens (including phenoxy) is 2. The van der Waals surface area contributed by atoms with Gasteiger partial charge in [-0.15, -0.1) is 0 Å². The van der Waals surface area contributed by atoms with E-state index < -0.39 is 18.5 Å². The maximum absolute atomic E-state index is 13.0. The first-order valence-electron chi connectivity index (χ1n) is 11.8. The summed E-state index contributed by atoms with van der Waals surface area (Å²) in [5.74, 6) is 0.201. The molecule has 1 saturated carbocycles. The second kappa shape index (κ2) is 10.6. The molecule has 3 aromatic rings. The van der Waals surface area contributed by atoms with Gasteiger partial charge in [-0.3, -0.25) is 0 Å². The summed E-state index contributed by atoms with van der Waals surface area (Å²) in [6.07, 6.45) is 2.92. The van der Waals surface area contributed by atoms with E-state index in [0.29, 0.717) is 44.9 Å². The number of benzene rings is 2. The summed E-state index contributed by atoms with van der Waals surface area (Å²) in [6.45, 7) is 6.09. The first kappa shape index (κ1) is 24.2. The van der Waals surface area contributed by atoms with Crippen molar-refractivity contribution in [2.24, 2.45) is 17.8 Å². The quantitative estimate of drug-likeness (QED) is 0.367. The number of hydrogen-bond acceptors (Lipinski definition) is 5. The Kier molecular flexibility index (Phi) is 7.52. The van der Waals surface area contributed by atoms with E-state index in [9.17, 15) is 9.59 Å². The van der Waals surface area contributed by atoms with E-state index in [1.807, 2.05) is 36.4 Å². The second-order valence-electron chi connectivity index (χ2n) is 9.51. The fourth-order valence-corrected chi connectivity index (χ4v) is 4.89. The molecule has 1 aliphatic rings. The standard InChI is InChI=1S/C28H30ClNO4/c1-17(2)21-13-8-18(3)14-26(21)34-27(31)16-33-28(32)23-15-25(19-9-11-20(29)12-10-19)30-24-7-5-4-6-22(23)24/h4-7,9-12,15,17-18,21,26H,8,13-14,16H2,1-3H3/t18-,21-,26+/m1/s1. The van der Waals surface area contributed by atoms with Crippen LogP contribution >= 0.6 is 11.6 Å². The minimum Gasteiger partial charge on any atom is -0.460 e. The van der Waals surface area contributed by atoms with Gasteiger partial charge in [0.15, 0.2) is 6.61 Å². The van der Waals surface area contributed by atoms with Gasteiger partial charge in [-0.2, -0.15) is 0 Å². The molecule has 34 heavy (non-hydrogen) atoms. The molecule has 1 aromatic heterocycles. The number of para-hydroxylation sites is 1. The maximum atomic E-state index is 13.0. The number of carbonyl (C=O) groups is 2. The zero-order valence-electron chi connectivity index (χ0n) is 19.8. The van der Waals surface area contributed by atoms with Crippen LogP contribution in [0.25, 0.3) is 22.2 Å². The highest BCUT2D eigenvalue weighted by molar-refractivity contribution is 6.30. The Morgan fingerprint density at radius 2 is 1.82 bits per heavy atom. The van der Waals surface area contributed by atoms with Gasteiger partial charge in [-0.05, 0) is 54.9 Å². The predicted octanol–water partition coefficient (Wildman–Crippen LogP) is 6.72. The lowest BCUT2D eigenvalue weighted by molar-refractivity contribution is -0.159. The van der Waals surface area contributed by atoms with Crippen molar-refractivity contribution in [1.29, 1.82) is 0 Å². The monoisotopic (exact) mass is 479 g/mol. The number of pyridine rings is 1. The van der Waals surface area contributed by atoms with Gasteiger partial charge in [0, 0.05) is 16.0 Å². The van der Waals surface area contributed by atoms with Gasteiger partial charge in [0.2, 0.25) is 0 Å². The van der Waals surface area contributed by atoms with E-state index >= 15 is 0 Å². The zero-order valence-corrected chi connectivity index (χ0v) is 20.5. The van der Waals surface area contributed by atoms with Crippen LogP contribution in [0.3, 0.4) is 0 Å². The Labute approximate surface area is 205 Å². The third kappa shape index (κ3) is 5.58. The third-order valence-electron chi connectivity index (χ3n) is 6.64. The molecule has 0 saturated heterocycles. The molecule has 4 rings (SSSR count). The van der Waals surface area contributed by atoms with E-state index in [0.717, 1.165) is 24.8 Å². The Hall–Kier alpha value is -2.92. The molecule has 5 nitrogen and oxygen atoms in total. The van der Waals surface area contributed by atoms with E-state index in [1.54, 1.807) is 18.2 Å². The van der Waals surface area contributed by atoms with Crippen LogP contribution in [0, 0.1) is 17.8 Å². The lowest BCUT2D eigenvalue weighted by Gasteiger charge is -2.36. The summed E-state index contributed by atoms with van der Waals surface area (Å²) < 4.78 is 11.2. The Morgan fingerprint density at radius 3 is 2.56 bits per heavy atom. The Bertz CT molecular complexity index is 1170. The van der Waals surface area contributed by atoms with Crippen LogP contribution in [-0.2, 0) is 14.3 Å². The van der Waals surface area contributed by atoms with Crippen LogP contribution in [0.1, 0.15) is 50.4 Å². The van der Waals surface area contributed by atoms with Gasteiger partial charge in [0.1, 0.15) is 6.10 Å². The van der Waals surface area contributed by atoms with Gasteiger partial charge >= 0.3 is 11.9 Å². The minimum atomic E-state index is -0.580. The van der Waals surface area contributed by atoms with Gasteiger partial charge in [-0.25, -0.2) is 14.6 Å². The molecule has 1 fully saturated rings. The molecule has 3 atom stereocenters. The molecule has 0 amide bonds. The summed E-state index contributed by atoms with van der Waals surface area (Å²) in [7, 11) is 0. The minimum absolute atomic E-state index is 0.131. The molecule has 178 valence electrons. The third-order valence-corrected chi connectivity index (χ3v) is 6.89.